The first-order valence-electron chi connectivity index (χ1n) is 5.13. The summed E-state index contributed by atoms with van der Waals surface area (Å²) in [6.45, 7) is 4.15. The van der Waals surface area contributed by atoms with E-state index in [2.05, 4.69) is 10.3 Å². The summed E-state index contributed by atoms with van der Waals surface area (Å²) in [6.07, 6.45) is 1.39. The number of rotatable bonds is 3. The van der Waals surface area contributed by atoms with Gasteiger partial charge in [-0.3, -0.25) is 10.1 Å². The number of carbonyl (C=O) groups is 1. The van der Waals surface area contributed by atoms with Gasteiger partial charge in [-0.05, 0) is 19.9 Å². The standard InChI is InChI=1S/C11H13N3O2S/c1-6-7(2)17-11(13-6)14-10(15)8-3-9(4-12)16-5-8/h3,5H,4,12H2,1-2H3,(H,13,14,15). The Kier molecular flexibility index (Phi) is 3.26. The first kappa shape index (κ1) is 11.8. The lowest BCUT2D eigenvalue weighted by Gasteiger charge is -1.96. The smallest absolute Gasteiger partial charge is 0.260 e. The lowest BCUT2D eigenvalue weighted by Crippen LogP contribution is -2.10. The molecular formula is C11H13N3O2S. The van der Waals surface area contributed by atoms with Gasteiger partial charge in [0, 0.05) is 4.88 Å². The molecule has 0 unspecified atom stereocenters. The van der Waals surface area contributed by atoms with Crippen molar-refractivity contribution in [3.8, 4) is 0 Å². The van der Waals surface area contributed by atoms with E-state index in [9.17, 15) is 4.79 Å². The van der Waals surface area contributed by atoms with Gasteiger partial charge in [-0.2, -0.15) is 0 Å². The van der Waals surface area contributed by atoms with Crippen LogP contribution in [0.15, 0.2) is 16.7 Å². The van der Waals surface area contributed by atoms with Gasteiger partial charge < -0.3 is 10.2 Å². The summed E-state index contributed by atoms with van der Waals surface area (Å²) in [4.78, 5) is 17.1. The number of hydrogen-bond donors (Lipinski definition) is 2. The third-order valence-corrected chi connectivity index (χ3v) is 3.35. The van der Waals surface area contributed by atoms with Crippen LogP contribution in [0.5, 0.6) is 0 Å². The second-order valence-electron chi connectivity index (χ2n) is 3.62. The summed E-state index contributed by atoms with van der Waals surface area (Å²) < 4.78 is 5.10. The maximum absolute atomic E-state index is 11.8. The highest BCUT2D eigenvalue weighted by atomic mass is 32.1. The molecule has 0 saturated carbocycles. The number of furan rings is 1. The highest BCUT2D eigenvalue weighted by molar-refractivity contribution is 7.15. The molecule has 0 atom stereocenters. The van der Waals surface area contributed by atoms with E-state index >= 15 is 0 Å². The van der Waals surface area contributed by atoms with Crippen LogP contribution in [0.4, 0.5) is 5.13 Å². The fourth-order valence-electron chi connectivity index (χ4n) is 1.30. The Bertz CT molecular complexity index is 525. The van der Waals surface area contributed by atoms with Gasteiger partial charge in [0.1, 0.15) is 12.0 Å². The second-order valence-corrected chi connectivity index (χ2v) is 4.82. The fourth-order valence-corrected chi connectivity index (χ4v) is 2.11. The monoisotopic (exact) mass is 251 g/mol. The molecule has 1 amide bonds. The molecule has 2 aromatic rings. The van der Waals surface area contributed by atoms with E-state index in [1.165, 1.54) is 17.6 Å². The highest BCUT2D eigenvalue weighted by Crippen LogP contribution is 2.21. The summed E-state index contributed by atoms with van der Waals surface area (Å²) >= 11 is 1.45. The topological polar surface area (TPSA) is 81.2 Å². The van der Waals surface area contributed by atoms with E-state index in [4.69, 9.17) is 10.2 Å². The van der Waals surface area contributed by atoms with Gasteiger partial charge in [0.25, 0.3) is 5.91 Å². The van der Waals surface area contributed by atoms with Crippen LogP contribution >= 0.6 is 11.3 Å². The molecular weight excluding hydrogens is 238 g/mol. The number of nitrogens with zero attached hydrogens (tertiary/aromatic N) is 1. The summed E-state index contributed by atoms with van der Waals surface area (Å²) in [5.74, 6) is 0.351. The van der Waals surface area contributed by atoms with Crippen molar-refractivity contribution >= 4 is 22.4 Å². The molecule has 2 heterocycles. The Labute approximate surface area is 103 Å². The number of anilines is 1. The lowest BCUT2D eigenvalue weighted by molar-refractivity contribution is 0.102. The highest BCUT2D eigenvalue weighted by Gasteiger charge is 2.12. The predicted octanol–water partition coefficient (Wildman–Crippen LogP) is 2.06. The fraction of sp³-hybridized carbons (Fsp3) is 0.273. The molecule has 6 heteroatoms. The first-order chi connectivity index (χ1) is 8.10. The zero-order valence-electron chi connectivity index (χ0n) is 9.61. The van der Waals surface area contributed by atoms with Gasteiger partial charge >= 0.3 is 0 Å². The minimum atomic E-state index is -0.234. The van der Waals surface area contributed by atoms with E-state index in [-0.39, 0.29) is 12.5 Å². The average molecular weight is 251 g/mol. The average Bonchev–Trinajstić information content (AvgIpc) is 2.87. The molecule has 2 aromatic heterocycles. The van der Waals surface area contributed by atoms with Gasteiger partial charge in [-0.1, -0.05) is 0 Å². The Balaban J connectivity index is 2.11. The maximum Gasteiger partial charge on any atom is 0.260 e. The third-order valence-electron chi connectivity index (χ3n) is 2.37. The van der Waals surface area contributed by atoms with Crippen LogP contribution in [-0.4, -0.2) is 10.9 Å². The summed E-state index contributed by atoms with van der Waals surface area (Å²) in [5, 5.41) is 3.32. The van der Waals surface area contributed by atoms with E-state index in [0.29, 0.717) is 16.5 Å². The van der Waals surface area contributed by atoms with Crippen LogP contribution in [0.3, 0.4) is 0 Å². The van der Waals surface area contributed by atoms with Gasteiger partial charge in [0.05, 0.1) is 17.8 Å². The van der Waals surface area contributed by atoms with E-state index < -0.39 is 0 Å². The van der Waals surface area contributed by atoms with Crippen molar-refractivity contribution in [1.29, 1.82) is 0 Å². The van der Waals surface area contributed by atoms with Crippen molar-refractivity contribution < 1.29 is 9.21 Å². The number of nitrogens with two attached hydrogens (primary N) is 1. The molecule has 0 aliphatic heterocycles. The Morgan fingerprint density at radius 1 is 1.59 bits per heavy atom. The second kappa shape index (κ2) is 4.68. The molecule has 0 fully saturated rings. The number of nitrogens with one attached hydrogen (secondary N) is 1. The third kappa shape index (κ3) is 2.54. The van der Waals surface area contributed by atoms with Crippen LogP contribution < -0.4 is 11.1 Å². The summed E-state index contributed by atoms with van der Waals surface area (Å²) in [5.41, 5.74) is 6.79. The molecule has 90 valence electrons. The van der Waals surface area contributed by atoms with Gasteiger partial charge in [0.15, 0.2) is 5.13 Å². The molecule has 0 radical (unpaired) electrons. The molecule has 0 aromatic carbocycles. The molecule has 0 aliphatic carbocycles. The molecule has 3 N–H and O–H groups in total. The van der Waals surface area contributed by atoms with Crippen LogP contribution in [0.2, 0.25) is 0 Å². The molecule has 0 bridgehead atoms. The van der Waals surface area contributed by atoms with E-state index in [1.807, 2.05) is 13.8 Å². The molecule has 0 aliphatic rings. The van der Waals surface area contributed by atoms with Crippen molar-refractivity contribution in [2.24, 2.45) is 5.73 Å². The maximum atomic E-state index is 11.8. The number of hydrogen-bond acceptors (Lipinski definition) is 5. The summed E-state index contributed by atoms with van der Waals surface area (Å²) in [6, 6.07) is 1.63. The Hall–Kier alpha value is -1.66. The largest absolute Gasteiger partial charge is 0.467 e. The van der Waals surface area contributed by atoms with Crippen LogP contribution in [0, 0.1) is 13.8 Å². The number of carbonyl (C=O) groups excluding carboxylic acids is 1. The number of aromatic nitrogens is 1. The minimum absolute atomic E-state index is 0.234. The van der Waals surface area contributed by atoms with Crippen molar-refractivity contribution in [3.05, 3.63) is 34.2 Å². The van der Waals surface area contributed by atoms with Gasteiger partial charge in [-0.25, -0.2) is 4.98 Å². The number of aryl methyl sites for hydroxylation is 2. The Morgan fingerprint density at radius 2 is 2.35 bits per heavy atom. The number of thiazole rings is 1. The molecule has 17 heavy (non-hydrogen) atoms. The zero-order chi connectivity index (χ0) is 12.4. The SMILES string of the molecule is Cc1nc(NC(=O)c2coc(CN)c2)sc1C. The molecule has 2 rings (SSSR count). The molecule has 5 nitrogen and oxygen atoms in total. The van der Waals surface area contributed by atoms with Crippen LogP contribution in [0.1, 0.15) is 26.7 Å². The van der Waals surface area contributed by atoms with Crippen molar-refractivity contribution in [2.75, 3.05) is 5.32 Å². The van der Waals surface area contributed by atoms with Crippen molar-refractivity contribution in [2.45, 2.75) is 20.4 Å². The van der Waals surface area contributed by atoms with Gasteiger partial charge in [-0.15, -0.1) is 11.3 Å². The quantitative estimate of drug-likeness (QED) is 0.875. The minimum Gasteiger partial charge on any atom is -0.467 e. The molecule has 0 saturated heterocycles. The predicted molar refractivity (Wildman–Crippen MR) is 66.1 cm³/mol. The molecule has 0 spiro atoms. The normalized spacial score (nSPS) is 10.5. The summed E-state index contributed by atoms with van der Waals surface area (Å²) in [7, 11) is 0. The van der Waals surface area contributed by atoms with Crippen LogP contribution in [-0.2, 0) is 6.54 Å². The Morgan fingerprint density at radius 3 is 2.88 bits per heavy atom. The van der Waals surface area contributed by atoms with E-state index in [1.54, 1.807) is 6.07 Å². The van der Waals surface area contributed by atoms with Gasteiger partial charge in [0.2, 0.25) is 0 Å². The lowest BCUT2D eigenvalue weighted by atomic mass is 10.3. The van der Waals surface area contributed by atoms with Crippen LogP contribution in [0.25, 0.3) is 0 Å². The zero-order valence-corrected chi connectivity index (χ0v) is 10.4. The van der Waals surface area contributed by atoms with Crippen molar-refractivity contribution in [3.63, 3.8) is 0 Å². The number of amides is 1. The first-order valence-corrected chi connectivity index (χ1v) is 5.94. The van der Waals surface area contributed by atoms with E-state index in [0.717, 1.165) is 10.6 Å². The van der Waals surface area contributed by atoms with Crippen molar-refractivity contribution in [1.82, 2.24) is 4.98 Å².